The Hall–Kier alpha value is -3.27. The molecule has 2 aliphatic heterocycles. The van der Waals surface area contributed by atoms with Crippen molar-refractivity contribution in [1.29, 1.82) is 0 Å². The number of halogens is 2. The minimum Gasteiger partial charge on any atom is -0.503 e. The summed E-state index contributed by atoms with van der Waals surface area (Å²) in [5.41, 5.74) is -3.75. The maximum absolute atomic E-state index is 14.5. The zero-order valence-corrected chi connectivity index (χ0v) is 15.6. The summed E-state index contributed by atoms with van der Waals surface area (Å²) in [6.07, 6.45) is 0.740. The summed E-state index contributed by atoms with van der Waals surface area (Å²) < 4.78 is 73.4. The number of amides is 2. The standard InChI is InChI=1S/C20H19F2N3O5/c1-10-4-5-30-15-9-24-8-13(17(26)18(27)16(24)20(29)25(10)15)19(28)23-7-11-2-3-12(21)6-14(11)22/h2-3,6,8,10,15,27H,4-5,7,9H2,1H3,(H,23,28)/t10-,15+/m1/s1/i2D,3D,6D,7D2. The minimum absolute atomic E-state index is 0.0414. The van der Waals surface area contributed by atoms with E-state index in [0.29, 0.717) is 13.0 Å². The van der Waals surface area contributed by atoms with Gasteiger partial charge in [0.05, 0.1) is 20.0 Å². The van der Waals surface area contributed by atoms with Crippen molar-refractivity contribution in [2.75, 3.05) is 6.61 Å². The molecule has 8 nitrogen and oxygen atoms in total. The molecule has 0 saturated carbocycles. The van der Waals surface area contributed by atoms with Gasteiger partial charge in [-0.25, -0.2) is 8.78 Å². The van der Waals surface area contributed by atoms with Gasteiger partial charge in [0, 0.05) is 30.3 Å². The van der Waals surface area contributed by atoms with Crippen LogP contribution in [0.3, 0.4) is 0 Å². The first-order valence-corrected chi connectivity index (χ1v) is 8.96. The van der Waals surface area contributed by atoms with Gasteiger partial charge in [-0.3, -0.25) is 14.4 Å². The van der Waals surface area contributed by atoms with Crippen LogP contribution in [-0.2, 0) is 17.8 Å². The normalized spacial score (nSPS) is 23.4. The predicted molar refractivity (Wildman–Crippen MR) is 99.9 cm³/mol. The number of aromatic hydroxyl groups is 1. The quantitative estimate of drug-likeness (QED) is 0.775. The number of hydrogen-bond acceptors (Lipinski definition) is 5. The molecule has 1 aromatic heterocycles. The van der Waals surface area contributed by atoms with E-state index in [4.69, 9.17) is 11.6 Å². The van der Waals surface area contributed by atoms with Crippen molar-refractivity contribution in [1.82, 2.24) is 14.8 Å². The van der Waals surface area contributed by atoms with E-state index in [-0.39, 0.29) is 18.3 Å². The number of fused-ring (bicyclic) bond motifs is 2. The molecule has 0 unspecified atom stereocenters. The van der Waals surface area contributed by atoms with Crippen LogP contribution in [0.4, 0.5) is 8.78 Å². The molecule has 0 aliphatic carbocycles. The molecule has 2 aromatic rings. The van der Waals surface area contributed by atoms with Gasteiger partial charge in [0.15, 0.2) is 17.7 Å². The SMILES string of the molecule is [2H]c1c([2H])c(C([2H])([2H])NC(=O)c2cn3c(c(O)c2=O)C(=O)N2[C@H](C)CCO[C@H]2C3)c(F)c([2H])c1F. The summed E-state index contributed by atoms with van der Waals surface area (Å²) in [6, 6.07) is -4.18. The number of ether oxygens (including phenoxy) is 1. The Bertz CT molecular complexity index is 1310. The molecule has 1 saturated heterocycles. The van der Waals surface area contributed by atoms with Crippen LogP contribution in [0.2, 0.25) is 0 Å². The lowest BCUT2D eigenvalue weighted by atomic mass is 10.1. The van der Waals surface area contributed by atoms with Gasteiger partial charge in [-0.15, -0.1) is 0 Å². The lowest BCUT2D eigenvalue weighted by Gasteiger charge is -2.44. The topological polar surface area (TPSA) is 101 Å². The van der Waals surface area contributed by atoms with Gasteiger partial charge in [0.2, 0.25) is 5.43 Å². The van der Waals surface area contributed by atoms with E-state index in [9.17, 15) is 28.3 Å². The monoisotopic (exact) mass is 424 g/mol. The van der Waals surface area contributed by atoms with E-state index >= 15 is 0 Å². The second-order valence-corrected chi connectivity index (χ2v) is 6.85. The van der Waals surface area contributed by atoms with Gasteiger partial charge in [-0.2, -0.15) is 0 Å². The van der Waals surface area contributed by atoms with Crippen molar-refractivity contribution in [3.8, 4) is 5.75 Å². The average Bonchev–Trinajstić information content (AvgIpc) is 2.78. The van der Waals surface area contributed by atoms with E-state index < -0.39 is 76.6 Å². The summed E-state index contributed by atoms with van der Waals surface area (Å²) in [7, 11) is 0. The van der Waals surface area contributed by atoms with Gasteiger partial charge >= 0.3 is 0 Å². The fourth-order valence-electron chi connectivity index (χ4n) is 3.46. The summed E-state index contributed by atoms with van der Waals surface area (Å²) in [5.74, 6) is -6.65. The van der Waals surface area contributed by atoms with Crippen LogP contribution in [0.1, 0.15) is 46.6 Å². The van der Waals surface area contributed by atoms with Crippen molar-refractivity contribution in [2.45, 2.75) is 38.7 Å². The second-order valence-electron chi connectivity index (χ2n) is 6.85. The summed E-state index contributed by atoms with van der Waals surface area (Å²) in [5, 5.41) is 12.1. The third kappa shape index (κ3) is 3.32. The summed E-state index contributed by atoms with van der Waals surface area (Å²) >= 11 is 0. The van der Waals surface area contributed by atoms with E-state index in [2.05, 4.69) is 0 Å². The number of nitrogens with zero attached hydrogens (tertiary/aromatic N) is 2. The largest absolute Gasteiger partial charge is 0.503 e. The van der Waals surface area contributed by atoms with Gasteiger partial charge in [0.25, 0.3) is 11.8 Å². The fourth-order valence-corrected chi connectivity index (χ4v) is 3.46. The number of benzene rings is 1. The van der Waals surface area contributed by atoms with Gasteiger partial charge < -0.3 is 24.6 Å². The molecule has 4 rings (SSSR count). The van der Waals surface area contributed by atoms with E-state index in [1.54, 1.807) is 12.2 Å². The Labute approximate surface area is 176 Å². The first-order chi connectivity index (χ1) is 16.3. The van der Waals surface area contributed by atoms with Crippen LogP contribution >= 0.6 is 0 Å². The predicted octanol–water partition coefficient (Wildman–Crippen LogP) is 1.35. The minimum atomic E-state index is -3.26. The molecule has 0 radical (unpaired) electrons. The second kappa shape index (κ2) is 7.52. The average molecular weight is 424 g/mol. The smallest absolute Gasteiger partial charge is 0.276 e. The number of aromatic nitrogens is 1. The number of pyridine rings is 1. The molecule has 2 aliphatic rings. The van der Waals surface area contributed by atoms with Crippen LogP contribution < -0.4 is 10.7 Å². The fraction of sp³-hybridized carbons (Fsp3) is 0.350. The van der Waals surface area contributed by atoms with Crippen LogP contribution in [-0.4, -0.2) is 45.3 Å². The number of carbonyl (C=O) groups is 2. The molecule has 158 valence electrons. The first-order valence-electron chi connectivity index (χ1n) is 11.5. The van der Waals surface area contributed by atoms with Gasteiger partial charge in [-0.05, 0) is 19.4 Å². The van der Waals surface area contributed by atoms with Crippen molar-refractivity contribution < 1.29 is 35.1 Å². The van der Waals surface area contributed by atoms with E-state index in [0.717, 1.165) is 10.8 Å². The van der Waals surface area contributed by atoms with Crippen molar-refractivity contribution in [3.63, 3.8) is 0 Å². The Kier molecular flexibility index (Phi) is 3.68. The molecule has 2 N–H and O–H groups in total. The molecular weight excluding hydrogens is 400 g/mol. The van der Waals surface area contributed by atoms with Gasteiger partial charge in [0.1, 0.15) is 17.2 Å². The highest BCUT2D eigenvalue weighted by atomic mass is 19.1. The van der Waals surface area contributed by atoms with Gasteiger partial charge in [-0.1, -0.05) is 6.04 Å². The lowest BCUT2D eigenvalue weighted by Crippen LogP contribution is -2.57. The first kappa shape index (κ1) is 14.7. The lowest BCUT2D eigenvalue weighted by molar-refractivity contribution is -0.112. The molecule has 0 bridgehead atoms. The summed E-state index contributed by atoms with van der Waals surface area (Å²) in [4.78, 5) is 39.8. The van der Waals surface area contributed by atoms with E-state index in [1.807, 2.05) is 0 Å². The Morgan fingerprint density at radius 2 is 2.20 bits per heavy atom. The Balaban J connectivity index is 1.74. The third-order valence-corrected chi connectivity index (χ3v) is 4.96. The number of rotatable bonds is 3. The van der Waals surface area contributed by atoms with Crippen LogP contribution in [0.25, 0.3) is 0 Å². The highest BCUT2D eigenvalue weighted by molar-refractivity contribution is 5.99. The number of nitrogens with one attached hydrogen (secondary N) is 1. The molecule has 2 amide bonds. The maximum atomic E-state index is 14.5. The number of hydrogen-bond donors (Lipinski definition) is 2. The Morgan fingerprint density at radius 3 is 2.97 bits per heavy atom. The van der Waals surface area contributed by atoms with Crippen molar-refractivity contribution in [3.05, 3.63) is 63.0 Å². The highest BCUT2D eigenvalue weighted by Crippen LogP contribution is 2.29. The third-order valence-electron chi connectivity index (χ3n) is 4.96. The number of carbonyl (C=O) groups excluding carboxylic acids is 2. The zero-order valence-electron chi connectivity index (χ0n) is 20.6. The molecule has 1 fully saturated rings. The Morgan fingerprint density at radius 1 is 1.43 bits per heavy atom. The molecule has 2 atom stereocenters. The van der Waals surface area contributed by atoms with E-state index in [1.165, 1.54) is 4.90 Å². The highest BCUT2D eigenvalue weighted by Gasteiger charge is 2.41. The van der Waals surface area contributed by atoms with Crippen LogP contribution in [0, 0.1) is 11.6 Å². The maximum Gasteiger partial charge on any atom is 0.276 e. The van der Waals surface area contributed by atoms with Crippen LogP contribution in [0.5, 0.6) is 5.75 Å². The molecule has 30 heavy (non-hydrogen) atoms. The van der Waals surface area contributed by atoms with Crippen LogP contribution in [0.15, 0.2) is 29.1 Å². The molecular formula is C20H19F2N3O5. The molecule has 10 heteroatoms. The van der Waals surface area contributed by atoms with Crippen molar-refractivity contribution in [2.24, 2.45) is 0 Å². The molecule has 0 spiro atoms. The molecule has 3 heterocycles. The van der Waals surface area contributed by atoms with Crippen molar-refractivity contribution >= 4 is 11.8 Å². The summed E-state index contributed by atoms with van der Waals surface area (Å²) in [6.45, 7) is -1.16. The zero-order chi connectivity index (χ0) is 26.0. The molecule has 1 aromatic carbocycles.